The number of ether oxygens (including phenoxy) is 1. The van der Waals surface area contributed by atoms with Crippen LogP contribution in [0, 0.1) is 0 Å². The number of carbonyl (C=O) groups excluding carboxylic acids is 2. The smallest absolute Gasteiger partial charge is 0.280 e. The zero-order valence-corrected chi connectivity index (χ0v) is 18.8. The minimum atomic E-state index is -0.911. The van der Waals surface area contributed by atoms with Crippen molar-refractivity contribution in [1.29, 1.82) is 0 Å². The van der Waals surface area contributed by atoms with E-state index in [1.165, 1.54) is 4.90 Å². The molecule has 1 N–H and O–H groups in total. The summed E-state index contributed by atoms with van der Waals surface area (Å²) in [4.78, 5) is 28.4. The quantitative estimate of drug-likeness (QED) is 0.596. The zero-order valence-electron chi connectivity index (χ0n) is 18.0. The molecule has 0 bridgehead atoms. The standard InChI is InChI=1S/C23H26N4O3S/c1-5-30-18-13-11-16(12-14-18)20(21(28)24-23(2,3)4)27(17-9-7-6-8-10-17)22(29)19-15-31-26-25-19/h6-15,20H,5H2,1-4H3,(H,24,28)/t20-/m1/s1. The Bertz CT molecular complexity index is 1000. The fourth-order valence-corrected chi connectivity index (χ4v) is 3.55. The third-order valence-electron chi connectivity index (χ3n) is 4.34. The van der Waals surface area contributed by atoms with E-state index in [0.717, 1.165) is 11.5 Å². The number of nitrogens with one attached hydrogen (secondary N) is 1. The molecule has 0 aliphatic rings. The predicted molar refractivity (Wildman–Crippen MR) is 121 cm³/mol. The number of amides is 2. The van der Waals surface area contributed by atoms with Crippen molar-refractivity contribution in [1.82, 2.24) is 14.9 Å². The van der Waals surface area contributed by atoms with E-state index in [9.17, 15) is 9.59 Å². The molecule has 0 spiro atoms. The molecule has 2 amide bonds. The van der Waals surface area contributed by atoms with Crippen molar-refractivity contribution in [2.24, 2.45) is 0 Å². The van der Waals surface area contributed by atoms with Gasteiger partial charge in [-0.1, -0.05) is 34.8 Å². The largest absolute Gasteiger partial charge is 0.494 e. The maximum absolute atomic E-state index is 13.5. The lowest BCUT2D eigenvalue weighted by Crippen LogP contribution is -2.49. The van der Waals surface area contributed by atoms with Crippen LogP contribution in [0.15, 0.2) is 60.0 Å². The molecule has 3 aromatic rings. The molecule has 0 aliphatic carbocycles. The van der Waals surface area contributed by atoms with Gasteiger partial charge in [0.05, 0.1) is 6.61 Å². The number of nitrogens with zero attached hydrogens (tertiary/aromatic N) is 3. The van der Waals surface area contributed by atoms with Gasteiger partial charge in [-0.2, -0.15) is 0 Å². The number of aromatic nitrogens is 2. The fourth-order valence-electron chi connectivity index (χ4n) is 3.12. The van der Waals surface area contributed by atoms with Gasteiger partial charge in [-0.25, -0.2) is 0 Å². The van der Waals surface area contributed by atoms with Crippen molar-refractivity contribution >= 4 is 29.0 Å². The first-order valence-electron chi connectivity index (χ1n) is 10.0. The molecule has 0 unspecified atom stereocenters. The highest BCUT2D eigenvalue weighted by Gasteiger charge is 2.35. The van der Waals surface area contributed by atoms with Crippen LogP contribution in [0.1, 0.15) is 49.8 Å². The first-order chi connectivity index (χ1) is 14.8. The van der Waals surface area contributed by atoms with E-state index in [-0.39, 0.29) is 11.6 Å². The zero-order chi connectivity index (χ0) is 22.4. The molecule has 1 aromatic heterocycles. The number of carbonyl (C=O) groups is 2. The topological polar surface area (TPSA) is 84.4 Å². The summed E-state index contributed by atoms with van der Waals surface area (Å²) in [5.74, 6) is 0.00228. The summed E-state index contributed by atoms with van der Waals surface area (Å²) in [6.07, 6.45) is 0. The highest BCUT2D eigenvalue weighted by atomic mass is 32.1. The second kappa shape index (κ2) is 9.70. The average molecular weight is 439 g/mol. The predicted octanol–water partition coefficient (Wildman–Crippen LogP) is 4.24. The van der Waals surface area contributed by atoms with Crippen LogP contribution in [-0.4, -0.2) is 33.5 Å². The molecule has 162 valence electrons. The van der Waals surface area contributed by atoms with Crippen LogP contribution in [-0.2, 0) is 4.79 Å². The van der Waals surface area contributed by atoms with E-state index in [4.69, 9.17) is 4.74 Å². The Labute approximate surface area is 186 Å². The van der Waals surface area contributed by atoms with Gasteiger partial charge >= 0.3 is 0 Å². The second-order valence-corrected chi connectivity index (χ2v) is 8.55. The van der Waals surface area contributed by atoms with Crippen molar-refractivity contribution in [3.8, 4) is 5.75 Å². The lowest BCUT2D eigenvalue weighted by molar-refractivity contribution is -0.123. The van der Waals surface area contributed by atoms with Gasteiger partial charge in [-0.05, 0) is 69.1 Å². The molecule has 0 saturated carbocycles. The number of rotatable bonds is 7. The Morgan fingerprint density at radius 1 is 1.10 bits per heavy atom. The normalized spacial score (nSPS) is 12.1. The van der Waals surface area contributed by atoms with E-state index < -0.39 is 17.5 Å². The number of hydrogen-bond donors (Lipinski definition) is 1. The van der Waals surface area contributed by atoms with Gasteiger partial charge in [-0.15, -0.1) is 5.10 Å². The lowest BCUT2D eigenvalue weighted by Gasteiger charge is -2.33. The third-order valence-corrected chi connectivity index (χ3v) is 4.85. The molecule has 0 radical (unpaired) electrons. The third kappa shape index (κ3) is 5.67. The van der Waals surface area contributed by atoms with E-state index in [0.29, 0.717) is 23.6 Å². The maximum atomic E-state index is 13.5. The van der Waals surface area contributed by atoms with Gasteiger partial charge in [0.25, 0.3) is 5.91 Å². The first kappa shape index (κ1) is 22.4. The van der Waals surface area contributed by atoms with E-state index in [1.807, 2.05) is 45.9 Å². The highest BCUT2D eigenvalue weighted by Crippen LogP contribution is 2.31. The average Bonchev–Trinajstić information content (AvgIpc) is 3.27. The molecule has 2 aromatic carbocycles. The summed E-state index contributed by atoms with van der Waals surface area (Å²) < 4.78 is 9.35. The summed E-state index contributed by atoms with van der Waals surface area (Å²) >= 11 is 1.09. The van der Waals surface area contributed by atoms with E-state index in [1.54, 1.807) is 41.8 Å². The molecule has 8 heteroatoms. The Balaban J connectivity index is 2.12. The fraction of sp³-hybridized carbons (Fsp3) is 0.304. The highest BCUT2D eigenvalue weighted by molar-refractivity contribution is 7.03. The van der Waals surface area contributed by atoms with Crippen molar-refractivity contribution in [3.63, 3.8) is 0 Å². The van der Waals surface area contributed by atoms with Crippen LogP contribution in [0.3, 0.4) is 0 Å². The number of benzene rings is 2. The molecule has 7 nitrogen and oxygen atoms in total. The van der Waals surface area contributed by atoms with Gasteiger partial charge in [0.1, 0.15) is 11.8 Å². The first-order valence-corrected chi connectivity index (χ1v) is 10.8. The van der Waals surface area contributed by atoms with Crippen molar-refractivity contribution < 1.29 is 14.3 Å². The molecule has 0 saturated heterocycles. The Morgan fingerprint density at radius 2 is 1.77 bits per heavy atom. The minimum absolute atomic E-state index is 0.188. The van der Waals surface area contributed by atoms with Gasteiger partial charge in [-0.3, -0.25) is 14.5 Å². The molecule has 31 heavy (non-hydrogen) atoms. The Hall–Kier alpha value is -3.26. The molecule has 0 fully saturated rings. The van der Waals surface area contributed by atoms with Crippen molar-refractivity contribution in [2.45, 2.75) is 39.3 Å². The number of anilines is 1. The lowest BCUT2D eigenvalue weighted by atomic mass is 10.0. The van der Waals surface area contributed by atoms with E-state index in [2.05, 4.69) is 14.9 Å². The Kier molecular flexibility index (Phi) is 7.02. The molecular weight excluding hydrogens is 412 g/mol. The number of para-hydroxylation sites is 1. The SMILES string of the molecule is CCOc1ccc([C@H](C(=O)NC(C)(C)C)N(C(=O)c2csnn2)c2ccccc2)cc1. The van der Waals surface area contributed by atoms with Gasteiger partial charge < -0.3 is 10.1 Å². The van der Waals surface area contributed by atoms with Crippen LogP contribution < -0.4 is 15.0 Å². The van der Waals surface area contributed by atoms with E-state index >= 15 is 0 Å². The summed E-state index contributed by atoms with van der Waals surface area (Å²) in [5.41, 5.74) is 0.955. The summed E-state index contributed by atoms with van der Waals surface area (Å²) in [5, 5.41) is 8.53. The van der Waals surface area contributed by atoms with Gasteiger partial charge in [0.15, 0.2) is 5.69 Å². The van der Waals surface area contributed by atoms with Gasteiger partial charge in [0.2, 0.25) is 5.91 Å². The van der Waals surface area contributed by atoms with Crippen LogP contribution >= 0.6 is 11.5 Å². The number of hydrogen-bond acceptors (Lipinski definition) is 6. The summed E-state index contributed by atoms with van der Waals surface area (Å²) in [6, 6.07) is 15.4. The van der Waals surface area contributed by atoms with Crippen molar-refractivity contribution in [2.75, 3.05) is 11.5 Å². The molecule has 1 heterocycles. The van der Waals surface area contributed by atoms with Crippen LogP contribution in [0.2, 0.25) is 0 Å². The van der Waals surface area contributed by atoms with Gasteiger partial charge in [0, 0.05) is 16.6 Å². The maximum Gasteiger partial charge on any atom is 0.280 e. The minimum Gasteiger partial charge on any atom is -0.494 e. The van der Waals surface area contributed by atoms with Crippen LogP contribution in [0.4, 0.5) is 5.69 Å². The molecule has 1 atom stereocenters. The summed E-state index contributed by atoms with van der Waals surface area (Å²) in [6.45, 7) is 8.15. The second-order valence-electron chi connectivity index (χ2n) is 7.94. The molecular formula is C23H26N4O3S. The monoisotopic (exact) mass is 438 g/mol. The summed E-state index contributed by atoms with van der Waals surface area (Å²) in [7, 11) is 0. The van der Waals surface area contributed by atoms with Crippen LogP contribution in [0.25, 0.3) is 0 Å². The Morgan fingerprint density at radius 3 is 2.32 bits per heavy atom. The van der Waals surface area contributed by atoms with Crippen LogP contribution in [0.5, 0.6) is 5.75 Å². The molecule has 0 aliphatic heterocycles. The molecule has 3 rings (SSSR count). The van der Waals surface area contributed by atoms with Crippen molar-refractivity contribution in [3.05, 3.63) is 71.2 Å².